The fraction of sp³-hybridized carbons (Fsp3) is 0.467. The van der Waals surface area contributed by atoms with Crippen LogP contribution < -0.4 is 4.74 Å². The van der Waals surface area contributed by atoms with Gasteiger partial charge in [0.25, 0.3) is 0 Å². The van der Waals surface area contributed by atoms with Crippen molar-refractivity contribution < 1.29 is 19.4 Å². The fourth-order valence-electron chi connectivity index (χ4n) is 6.19. The molecular weight excluding hydrogens is 452 g/mol. The van der Waals surface area contributed by atoms with Gasteiger partial charge in [-0.3, -0.25) is 14.7 Å². The minimum absolute atomic E-state index is 0.117. The number of carbonyl (C=O) groups is 1. The highest BCUT2D eigenvalue weighted by Gasteiger charge is 2.41. The Balaban J connectivity index is 1.22. The number of benzene rings is 2. The number of piperidine rings is 1. The molecule has 2 aromatic carbocycles. The minimum Gasteiger partial charge on any atom is -0.497 e. The van der Waals surface area contributed by atoms with E-state index in [1.807, 2.05) is 30.5 Å². The van der Waals surface area contributed by atoms with Crippen LogP contribution in [0.4, 0.5) is 0 Å². The Bertz CT molecular complexity index is 1180. The number of carboxylic acids is 1. The van der Waals surface area contributed by atoms with Gasteiger partial charge in [-0.15, -0.1) is 0 Å². The third kappa shape index (κ3) is 5.11. The van der Waals surface area contributed by atoms with Crippen LogP contribution in [0.25, 0.3) is 10.9 Å². The number of rotatable bonds is 9. The molecule has 0 bridgehead atoms. The molecule has 1 aliphatic carbocycles. The van der Waals surface area contributed by atoms with Gasteiger partial charge in [0, 0.05) is 31.3 Å². The third-order valence-corrected chi connectivity index (χ3v) is 8.42. The maximum absolute atomic E-state index is 12.3. The molecule has 1 saturated carbocycles. The maximum atomic E-state index is 12.3. The zero-order valence-electron chi connectivity index (χ0n) is 21.2. The van der Waals surface area contributed by atoms with E-state index in [0.29, 0.717) is 18.5 Å². The van der Waals surface area contributed by atoms with Gasteiger partial charge < -0.3 is 14.6 Å². The molecule has 2 heterocycles. The Labute approximate surface area is 213 Å². The van der Waals surface area contributed by atoms with Gasteiger partial charge in [0.15, 0.2) is 0 Å². The van der Waals surface area contributed by atoms with Crippen LogP contribution >= 0.6 is 0 Å². The van der Waals surface area contributed by atoms with Crippen molar-refractivity contribution in [2.75, 3.05) is 27.3 Å². The van der Waals surface area contributed by atoms with Crippen LogP contribution in [0.1, 0.15) is 55.3 Å². The third-order valence-electron chi connectivity index (χ3n) is 8.42. The summed E-state index contributed by atoms with van der Waals surface area (Å²) in [6, 6.07) is 19.1. The molecule has 1 unspecified atom stereocenters. The normalized spacial score (nSPS) is 25.3. The SMILES string of the molecule is COc1ccc2nccc(C(CC[C@@H]3CCN(C4CC(c5ccccc5)C4)C[C@@H]3C(=O)O)OC)c2c1. The molecule has 3 atom stereocenters. The smallest absolute Gasteiger partial charge is 0.308 e. The molecule has 36 heavy (non-hydrogen) atoms. The Kier molecular flexibility index (Phi) is 7.54. The molecule has 1 N–H and O–H groups in total. The van der Waals surface area contributed by atoms with Gasteiger partial charge >= 0.3 is 5.97 Å². The van der Waals surface area contributed by atoms with Crippen molar-refractivity contribution in [3.63, 3.8) is 0 Å². The lowest BCUT2D eigenvalue weighted by molar-refractivity contribution is -0.147. The van der Waals surface area contributed by atoms with Crippen LogP contribution in [-0.2, 0) is 9.53 Å². The number of nitrogens with zero attached hydrogens (tertiary/aromatic N) is 2. The zero-order chi connectivity index (χ0) is 25.1. The van der Waals surface area contributed by atoms with E-state index >= 15 is 0 Å². The van der Waals surface area contributed by atoms with E-state index in [-0.39, 0.29) is 17.9 Å². The van der Waals surface area contributed by atoms with Crippen molar-refractivity contribution in [2.45, 2.75) is 50.2 Å². The molecule has 190 valence electrons. The molecule has 2 fully saturated rings. The predicted molar refractivity (Wildman–Crippen MR) is 140 cm³/mol. The average molecular weight is 489 g/mol. The number of hydrogen-bond acceptors (Lipinski definition) is 5. The second-order valence-electron chi connectivity index (χ2n) is 10.3. The summed E-state index contributed by atoms with van der Waals surface area (Å²) in [6.45, 7) is 1.63. The van der Waals surface area contributed by atoms with Crippen molar-refractivity contribution in [2.24, 2.45) is 11.8 Å². The second kappa shape index (κ2) is 11.0. The van der Waals surface area contributed by atoms with Gasteiger partial charge in [-0.25, -0.2) is 0 Å². The number of fused-ring (bicyclic) bond motifs is 1. The number of hydrogen-bond donors (Lipinski definition) is 1. The topological polar surface area (TPSA) is 71.9 Å². The highest BCUT2D eigenvalue weighted by molar-refractivity contribution is 5.83. The zero-order valence-corrected chi connectivity index (χ0v) is 21.2. The van der Waals surface area contributed by atoms with Crippen LogP contribution in [0, 0.1) is 11.8 Å². The van der Waals surface area contributed by atoms with Crippen LogP contribution in [0.3, 0.4) is 0 Å². The molecule has 1 aromatic heterocycles. The number of likely N-dealkylation sites (tertiary alicyclic amines) is 1. The van der Waals surface area contributed by atoms with E-state index in [1.54, 1.807) is 14.2 Å². The summed E-state index contributed by atoms with van der Waals surface area (Å²) in [4.78, 5) is 19.2. The van der Waals surface area contributed by atoms with Crippen LogP contribution in [0.5, 0.6) is 5.75 Å². The predicted octanol–water partition coefficient (Wildman–Crippen LogP) is 5.68. The Hall–Kier alpha value is -2.96. The number of methoxy groups -OCH3 is 2. The van der Waals surface area contributed by atoms with Crippen molar-refractivity contribution in [3.05, 3.63) is 71.9 Å². The highest BCUT2D eigenvalue weighted by Crippen LogP contribution is 2.42. The van der Waals surface area contributed by atoms with Crippen molar-refractivity contribution in [1.29, 1.82) is 0 Å². The lowest BCUT2D eigenvalue weighted by atomic mass is 9.73. The molecule has 2 aliphatic rings. The van der Waals surface area contributed by atoms with Gasteiger partial charge in [-0.1, -0.05) is 30.3 Å². The van der Waals surface area contributed by atoms with E-state index in [9.17, 15) is 9.90 Å². The van der Waals surface area contributed by atoms with E-state index in [2.05, 4.69) is 40.2 Å². The van der Waals surface area contributed by atoms with Crippen molar-refractivity contribution >= 4 is 16.9 Å². The fourth-order valence-corrected chi connectivity index (χ4v) is 6.19. The lowest BCUT2D eigenvalue weighted by Crippen LogP contribution is -2.52. The van der Waals surface area contributed by atoms with Gasteiger partial charge in [0.2, 0.25) is 0 Å². The molecule has 0 amide bonds. The van der Waals surface area contributed by atoms with Gasteiger partial charge in [-0.05, 0) is 85.9 Å². The molecule has 1 aliphatic heterocycles. The van der Waals surface area contributed by atoms with Crippen molar-refractivity contribution in [1.82, 2.24) is 9.88 Å². The summed E-state index contributed by atoms with van der Waals surface area (Å²) in [5, 5.41) is 11.1. The first-order chi connectivity index (χ1) is 17.6. The lowest BCUT2D eigenvalue weighted by Gasteiger charge is -2.47. The number of carboxylic acid groups (broad SMARTS) is 1. The summed E-state index contributed by atoms with van der Waals surface area (Å²) in [5.41, 5.74) is 3.39. The first kappa shape index (κ1) is 24.7. The summed E-state index contributed by atoms with van der Waals surface area (Å²) in [7, 11) is 3.39. The van der Waals surface area contributed by atoms with Crippen molar-refractivity contribution in [3.8, 4) is 5.75 Å². The molecular formula is C30H36N2O4. The van der Waals surface area contributed by atoms with Crippen LogP contribution in [0.15, 0.2) is 60.8 Å². The molecule has 0 radical (unpaired) electrons. The minimum atomic E-state index is -0.670. The number of aliphatic carboxylic acids is 1. The average Bonchev–Trinajstić information content (AvgIpc) is 2.89. The standard InChI is InChI=1S/C30H36N2O4/c1-35-24-9-10-28-26(18-24)25(12-14-31-28)29(36-2)11-8-21-13-15-32(19-27(21)30(33)34)23-16-22(17-23)20-6-4-3-5-7-20/h3-7,9-10,12,14,18,21-23,27,29H,8,11,13,15-17,19H2,1-2H3,(H,33,34)/t21-,22?,23?,27+,29?/m1/s1. The van der Waals surface area contributed by atoms with Gasteiger partial charge in [0.05, 0.1) is 24.6 Å². The number of aromatic nitrogens is 1. The number of pyridine rings is 1. The van der Waals surface area contributed by atoms with E-state index in [4.69, 9.17) is 9.47 Å². The van der Waals surface area contributed by atoms with E-state index < -0.39 is 5.97 Å². The first-order valence-electron chi connectivity index (χ1n) is 13.0. The summed E-state index contributed by atoms with van der Waals surface area (Å²) in [6.07, 6.45) is 6.49. The largest absolute Gasteiger partial charge is 0.497 e. The van der Waals surface area contributed by atoms with Crippen LogP contribution in [0.2, 0.25) is 0 Å². The monoisotopic (exact) mass is 488 g/mol. The molecule has 6 nitrogen and oxygen atoms in total. The second-order valence-corrected chi connectivity index (χ2v) is 10.3. The quantitative estimate of drug-likeness (QED) is 0.418. The molecule has 6 heteroatoms. The summed E-state index contributed by atoms with van der Waals surface area (Å²) >= 11 is 0. The summed E-state index contributed by atoms with van der Waals surface area (Å²) < 4.78 is 11.3. The maximum Gasteiger partial charge on any atom is 0.308 e. The van der Waals surface area contributed by atoms with Gasteiger partial charge in [-0.2, -0.15) is 0 Å². The first-order valence-corrected chi connectivity index (χ1v) is 13.0. The molecule has 1 saturated heterocycles. The molecule has 5 rings (SSSR count). The Morgan fingerprint density at radius 2 is 1.94 bits per heavy atom. The Morgan fingerprint density at radius 1 is 1.14 bits per heavy atom. The number of ether oxygens (including phenoxy) is 2. The van der Waals surface area contributed by atoms with Gasteiger partial charge in [0.1, 0.15) is 5.75 Å². The van der Waals surface area contributed by atoms with E-state index in [1.165, 1.54) is 5.56 Å². The molecule has 0 spiro atoms. The van der Waals surface area contributed by atoms with E-state index in [0.717, 1.165) is 60.9 Å². The highest BCUT2D eigenvalue weighted by atomic mass is 16.5. The Morgan fingerprint density at radius 3 is 2.67 bits per heavy atom. The summed E-state index contributed by atoms with van der Waals surface area (Å²) in [5.74, 6) is 0.547. The van der Waals surface area contributed by atoms with Crippen LogP contribution in [-0.4, -0.2) is 54.3 Å². The molecule has 3 aromatic rings.